The van der Waals surface area contributed by atoms with Gasteiger partial charge in [-0.3, -0.25) is 0 Å². The Kier molecular flexibility index (Phi) is 3.86. The second kappa shape index (κ2) is 5.38. The molecule has 1 fully saturated rings. The van der Waals surface area contributed by atoms with Crippen LogP contribution in [0, 0.1) is 0 Å². The molecule has 1 heterocycles. The van der Waals surface area contributed by atoms with E-state index in [2.05, 4.69) is 5.32 Å². The first-order valence-electron chi connectivity index (χ1n) is 5.53. The number of hydrogen-bond donors (Lipinski definition) is 2. The van der Waals surface area contributed by atoms with Gasteiger partial charge in [0.15, 0.2) is 6.10 Å². The lowest BCUT2D eigenvalue weighted by molar-refractivity contribution is -0.149. The third-order valence-electron chi connectivity index (χ3n) is 2.74. The van der Waals surface area contributed by atoms with E-state index in [-0.39, 0.29) is 6.10 Å². The van der Waals surface area contributed by atoms with Crippen LogP contribution in [0.4, 0.5) is 5.69 Å². The van der Waals surface area contributed by atoms with Crippen molar-refractivity contribution in [2.75, 3.05) is 11.9 Å². The lowest BCUT2D eigenvalue weighted by Gasteiger charge is -2.13. The van der Waals surface area contributed by atoms with E-state index in [9.17, 15) is 4.79 Å². The van der Waals surface area contributed by atoms with Gasteiger partial charge in [-0.1, -0.05) is 17.7 Å². The smallest absolute Gasteiger partial charge is 0.332 e. The fourth-order valence-corrected chi connectivity index (χ4v) is 2.06. The quantitative estimate of drug-likeness (QED) is 0.867. The van der Waals surface area contributed by atoms with Gasteiger partial charge in [-0.15, -0.1) is 0 Å². The van der Waals surface area contributed by atoms with E-state index < -0.39 is 12.1 Å². The minimum atomic E-state index is -0.879. The minimum absolute atomic E-state index is 0.0462. The van der Waals surface area contributed by atoms with E-state index in [1.165, 1.54) is 0 Å². The summed E-state index contributed by atoms with van der Waals surface area (Å²) >= 11 is 5.86. The van der Waals surface area contributed by atoms with Crippen molar-refractivity contribution in [2.24, 2.45) is 0 Å². The minimum Gasteiger partial charge on any atom is -0.479 e. The monoisotopic (exact) mass is 255 g/mol. The van der Waals surface area contributed by atoms with Crippen molar-refractivity contribution in [1.29, 1.82) is 0 Å². The Morgan fingerprint density at radius 2 is 2.35 bits per heavy atom. The summed E-state index contributed by atoms with van der Waals surface area (Å²) in [5.74, 6) is -0.879. The van der Waals surface area contributed by atoms with Crippen LogP contribution in [0.15, 0.2) is 24.3 Å². The summed E-state index contributed by atoms with van der Waals surface area (Å²) in [6.45, 7) is 0.601. The molecule has 92 valence electrons. The fraction of sp³-hybridized carbons (Fsp3) is 0.417. The molecule has 5 heteroatoms. The zero-order valence-electron chi connectivity index (χ0n) is 9.23. The largest absolute Gasteiger partial charge is 0.479 e. The number of anilines is 1. The number of carbonyl (C=O) groups is 1. The van der Waals surface area contributed by atoms with Crippen molar-refractivity contribution in [3.05, 3.63) is 29.3 Å². The Hall–Kier alpha value is -1.26. The predicted octanol–water partition coefficient (Wildman–Crippen LogP) is 2.38. The molecule has 2 N–H and O–H groups in total. The van der Waals surface area contributed by atoms with Crippen LogP contribution in [-0.2, 0) is 9.53 Å². The summed E-state index contributed by atoms with van der Waals surface area (Å²) in [5, 5.41) is 12.6. The van der Waals surface area contributed by atoms with Crippen LogP contribution >= 0.6 is 11.6 Å². The number of rotatable bonds is 4. The van der Waals surface area contributed by atoms with Gasteiger partial charge in [0, 0.05) is 17.3 Å². The molecule has 0 saturated carbocycles. The highest BCUT2D eigenvalue weighted by Gasteiger charge is 2.30. The molecule has 1 aromatic carbocycles. The van der Waals surface area contributed by atoms with E-state index in [4.69, 9.17) is 21.4 Å². The number of carboxylic acids is 1. The highest BCUT2D eigenvalue weighted by molar-refractivity contribution is 6.30. The number of carboxylic acid groups (broad SMARTS) is 1. The molecule has 0 aliphatic carbocycles. The zero-order valence-corrected chi connectivity index (χ0v) is 9.98. The number of nitrogens with one attached hydrogen (secondary N) is 1. The topological polar surface area (TPSA) is 58.6 Å². The highest BCUT2D eigenvalue weighted by atomic mass is 35.5. The SMILES string of the molecule is O=C(O)C1CCC(CNc2cccc(Cl)c2)O1. The second-order valence-electron chi connectivity index (χ2n) is 4.05. The van der Waals surface area contributed by atoms with Crippen LogP contribution < -0.4 is 5.32 Å². The van der Waals surface area contributed by atoms with Gasteiger partial charge < -0.3 is 15.2 Å². The van der Waals surface area contributed by atoms with Crippen LogP contribution in [0.3, 0.4) is 0 Å². The summed E-state index contributed by atoms with van der Waals surface area (Å²) in [4.78, 5) is 10.7. The lowest BCUT2D eigenvalue weighted by atomic mass is 10.2. The molecular formula is C12H14ClNO3. The Morgan fingerprint density at radius 3 is 3.00 bits per heavy atom. The van der Waals surface area contributed by atoms with Gasteiger partial charge in [-0.05, 0) is 31.0 Å². The maximum Gasteiger partial charge on any atom is 0.332 e. The summed E-state index contributed by atoms with van der Waals surface area (Å²) in [5.41, 5.74) is 0.917. The Balaban J connectivity index is 1.82. The zero-order chi connectivity index (χ0) is 12.3. The van der Waals surface area contributed by atoms with Crippen molar-refractivity contribution in [3.63, 3.8) is 0 Å². The first kappa shape index (κ1) is 12.2. The number of halogens is 1. The molecule has 17 heavy (non-hydrogen) atoms. The van der Waals surface area contributed by atoms with Gasteiger partial charge >= 0.3 is 5.97 Å². The van der Waals surface area contributed by atoms with E-state index in [1.54, 1.807) is 6.07 Å². The molecule has 1 aliphatic rings. The number of ether oxygens (including phenoxy) is 1. The number of hydrogen-bond acceptors (Lipinski definition) is 3. The number of benzene rings is 1. The third-order valence-corrected chi connectivity index (χ3v) is 2.98. The maximum atomic E-state index is 10.7. The van der Waals surface area contributed by atoms with Crippen molar-refractivity contribution in [3.8, 4) is 0 Å². The standard InChI is InChI=1S/C12H14ClNO3/c13-8-2-1-3-9(6-8)14-7-10-4-5-11(17-10)12(15)16/h1-3,6,10-11,14H,4-5,7H2,(H,15,16). The molecule has 1 aliphatic heterocycles. The summed E-state index contributed by atoms with van der Waals surface area (Å²) in [6.07, 6.45) is 0.651. The molecule has 1 saturated heterocycles. The highest BCUT2D eigenvalue weighted by Crippen LogP contribution is 2.21. The molecular weight excluding hydrogens is 242 g/mol. The second-order valence-corrected chi connectivity index (χ2v) is 4.49. The van der Waals surface area contributed by atoms with E-state index in [0.717, 1.165) is 12.1 Å². The molecule has 0 amide bonds. The molecule has 2 unspecified atom stereocenters. The van der Waals surface area contributed by atoms with Crippen molar-refractivity contribution >= 4 is 23.3 Å². The van der Waals surface area contributed by atoms with Crippen LogP contribution in [0.2, 0.25) is 5.02 Å². The van der Waals surface area contributed by atoms with Crippen molar-refractivity contribution < 1.29 is 14.6 Å². The van der Waals surface area contributed by atoms with Gasteiger partial charge in [0.05, 0.1) is 6.10 Å². The third kappa shape index (κ3) is 3.35. The van der Waals surface area contributed by atoms with Crippen LogP contribution in [0.25, 0.3) is 0 Å². The first-order valence-corrected chi connectivity index (χ1v) is 5.90. The van der Waals surface area contributed by atoms with Crippen LogP contribution in [-0.4, -0.2) is 29.8 Å². The molecule has 2 rings (SSSR count). The summed E-state index contributed by atoms with van der Waals surface area (Å²) in [6, 6.07) is 7.40. The number of aliphatic carboxylic acids is 1. The Morgan fingerprint density at radius 1 is 1.53 bits per heavy atom. The van der Waals surface area contributed by atoms with Gasteiger partial charge in [0.2, 0.25) is 0 Å². The molecule has 4 nitrogen and oxygen atoms in total. The summed E-state index contributed by atoms with van der Waals surface area (Å²) in [7, 11) is 0. The van der Waals surface area contributed by atoms with Gasteiger partial charge in [0.1, 0.15) is 0 Å². The van der Waals surface area contributed by atoms with Crippen LogP contribution in [0.5, 0.6) is 0 Å². The lowest BCUT2D eigenvalue weighted by Crippen LogP contribution is -2.24. The molecule has 1 aromatic rings. The van der Waals surface area contributed by atoms with E-state index in [0.29, 0.717) is 18.0 Å². The first-order chi connectivity index (χ1) is 8.15. The van der Waals surface area contributed by atoms with Gasteiger partial charge in [0.25, 0.3) is 0 Å². The normalized spacial score (nSPS) is 23.6. The molecule has 0 bridgehead atoms. The average molecular weight is 256 g/mol. The molecule has 0 radical (unpaired) electrons. The average Bonchev–Trinajstić information content (AvgIpc) is 2.75. The van der Waals surface area contributed by atoms with E-state index in [1.807, 2.05) is 18.2 Å². The van der Waals surface area contributed by atoms with Crippen molar-refractivity contribution in [1.82, 2.24) is 0 Å². The molecule has 0 spiro atoms. The van der Waals surface area contributed by atoms with Gasteiger partial charge in [-0.2, -0.15) is 0 Å². The summed E-state index contributed by atoms with van der Waals surface area (Å²) < 4.78 is 5.38. The van der Waals surface area contributed by atoms with Crippen LogP contribution in [0.1, 0.15) is 12.8 Å². The van der Waals surface area contributed by atoms with Crippen molar-refractivity contribution in [2.45, 2.75) is 25.0 Å². The van der Waals surface area contributed by atoms with Gasteiger partial charge in [-0.25, -0.2) is 4.79 Å². The van der Waals surface area contributed by atoms with E-state index >= 15 is 0 Å². The Labute approximate surface area is 105 Å². The molecule has 2 atom stereocenters. The maximum absolute atomic E-state index is 10.7. The predicted molar refractivity (Wildman–Crippen MR) is 65.5 cm³/mol. The molecule has 0 aromatic heterocycles. The Bertz CT molecular complexity index is 410. The fourth-order valence-electron chi connectivity index (χ4n) is 1.87.